The van der Waals surface area contributed by atoms with Crippen molar-refractivity contribution in [3.05, 3.63) is 69.6 Å². The number of amides is 1. The SMILES string of the molecule is Cn1c(=O)n(CCC(=O)NC[C@@H](c2ccccc2Cl)N2CCCC2)c2ccccc21. The number of carbonyl (C=O) groups is 1. The maximum absolute atomic E-state index is 12.6. The number of hydrogen-bond donors (Lipinski definition) is 1. The van der Waals surface area contributed by atoms with Crippen molar-refractivity contribution in [1.82, 2.24) is 19.4 Å². The van der Waals surface area contributed by atoms with Crippen LogP contribution in [0.3, 0.4) is 0 Å². The normalized spacial score (nSPS) is 15.5. The van der Waals surface area contributed by atoms with E-state index in [1.165, 1.54) is 12.8 Å². The molecule has 158 valence electrons. The zero-order chi connectivity index (χ0) is 21.1. The highest BCUT2D eigenvalue weighted by molar-refractivity contribution is 6.31. The molecule has 1 atom stereocenters. The van der Waals surface area contributed by atoms with Gasteiger partial charge in [-0.25, -0.2) is 4.79 Å². The number of nitrogens with zero attached hydrogens (tertiary/aromatic N) is 3. The molecule has 1 aliphatic heterocycles. The average molecular weight is 427 g/mol. The third-order valence-electron chi connectivity index (χ3n) is 5.95. The number of halogens is 1. The minimum absolute atomic E-state index is 0.0606. The summed E-state index contributed by atoms with van der Waals surface area (Å²) in [6, 6.07) is 15.5. The van der Waals surface area contributed by atoms with Crippen LogP contribution in [0.25, 0.3) is 11.0 Å². The predicted molar refractivity (Wildman–Crippen MR) is 120 cm³/mol. The van der Waals surface area contributed by atoms with E-state index in [4.69, 9.17) is 11.6 Å². The first-order valence-corrected chi connectivity index (χ1v) is 10.8. The first-order chi connectivity index (χ1) is 14.6. The lowest BCUT2D eigenvalue weighted by molar-refractivity contribution is -0.121. The molecule has 1 amide bonds. The van der Waals surface area contributed by atoms with Crippen molar-refractivity contribution in [3.8, 4) is 0 Å². The topological polar surface area (TPSA) is 59.3 Å². The Kier molecular flexibility index (Phi) is 6.25. The van der Waals surface area contributed by atoms with Gasteiger partial charge in [-0.15, -0.1) is 0 Å². The highest BCUT2D eigenvalue weighted by Gasteiger charge is 2.25. The van der Waals surface area contributed by atoms with Crippen LogP contribution in [0.2, 0.25) is 5.02 Å². The quantitative estimate of drug-likeness (QED) is 0.630. The summed E-state index contributed by atoms with van der Waals surface area (Å²) in [5, 5.41) is 3.80. The molecule has 6 nitrogen and oxygen atoms in total. The zero-order valence-corrected chi connectivity index (χ0v) is 17.9. The van der Waals surface area contributed by atoms with E-state index in [1.54, 1.807) is 16.2 Å². The van der Waals surface area contributed by atoms with Gasteiger partial charge in [-0.3, -0.25) is 18.8 Å². The van der Waals surface area contributed by atoms with E-state index in [9.17, 15) is 9.59 Å². The molecule has 1 fully saturated rings. The van der Waals surface area contributed by atoms with Crippen molar-refractivity contribution in [2.75, 3.05) is 19.6 Å². The van der Waals surface area contributed by atoms with Gasteiger partial charge in [0, 0.05) is 31.6 Å². The molecular formula is C23H27ClN4O2. The van der Waals surface area contributed by atoms with Crippen molar-refractivity contribution in [2.45, 2.75) is 31.8 Å². The Morgan fingerprint density at radius 2 is 1.73 bits per heavy atom. The predicted octanol–water partition coefficient (Wildman–Crippen LogP) is 3.34. The molecule has 0 unspecified atom stereocenters. The first kappa shape index (κ1) is 20.7. The number of hydrogen-bond acceptors (Lipinski definition) is 3. The number of imidazole rings is 1. The van der Waals surface area contributed by atoms with Gasteiger partial charge < -0.3 is 5.32 Å². The molecule has 0 aliphatic carbocycles. The van der Waals surface area contributed by atoms with Crippen LogP contribution < -0.4 is 11.0 Å². The van der Waals surface area contributed by atoms with Gasteiger partial charge in [-0.1, -0.05) is 41.9 Å². The van der Waals surface area contributed by atoms with Crippen LogP contribution in [0.1, 0.15) is 30.9 Å². The molecule has 1 aromatic heterocycles. The van der Waals surface area contributed by atoms with E-state index in [0.29, 0.717) is 13.1 Å². The highest BCUT2D eigenvalue weighted by atomic mass is 35.5. The number of para-hydroxylation sites is 2. The molecule has 3 aromatic rings. The average Bonchev–Trinajstić information content (AvgIpc) is 3.36. The van der Waals surface area contributed by atoms with E-state index < -0.39 is 0 Å². The summed E-state index contributed by atoms with van der Waals surface area (Å²) < 4.78 is 3.29. The fourth-order valence-corrected chi connectivity index (χ4v) is 4.59. The van der Waals surface area contributed by atoms with E-state index in [-0.39, 0.29) is 24.1 Å². The van der Waals surface area contributed by atoms with E-state index in [2.05, 4.69) is 10.2 Å². The van der Waals surface area contributed by atoms with Crippen molar-refractivity contribution in [2.24, 2.45) is 7.05 Å². The van der Waals surface area contributed by atoms with Gasteiger partial charge in [-0.05, 0) is 49.7 Å². The molecule has 1 saturated heterocycles. The van der Waals surface area contributed by atoms with Crippen LogP contribution >= 0.6 is 11.6 Å². The van der Waals surface area contributed by atoms with Gasteiger partial charge in [0.05, 0.1) is 17.1 Å². The molecular weight excluding hydrogens is 400 g/mol. The highest BCUT2D eigenvalue weighted by Crippen LogP contribution is 2.29. The molecule has 2 aromatic carbocycles. The van der Waals surface area contributed by atoms with E-state index in [1.807, 2.05) is 48.5 Å². The Morgan fingerprint density at radius 3 is 2.47 bits per heavy atom. The minimum Gasteiger partial charge on any atom is -0.354 e. The van der Waals surface area contributed by atoms with Gasteiger partial charge >= 0.3 is 5.69 Å². The Labute approximate surface area is 181 Å². The van der Waals surface area contributed by atoms with Crippen molar-refractivity contribution in [3.63, 3.8) is 0 Å². The maximum Gasteiger partial charge on any atom is 0.328 e. The summed E-state index contributed by atoms with van der Waals surface area (Å²) in [5.74, 6) is -0.0638. The molecule has 4 rings (SSSR count). The van der Waals surface area contributed by atoms with Crippen LogP contribution in [-0.4, -0.2) is 39.6 Å². The summed E-state index contributed by atoms with van der Waals surface area (Å²) in [5.41, 5.74) is 2.67. The van der Waals surface area contributed by atoms with E-state index in [0.717, 1.165) is 34.7 Å². The van der Waals surface area contributed by atoms with Crippen LogP contribution in [-0.2, 0) is 18.4 Å². The number of aromatic nitrogens is 2. The van der Waals surface area contributed by atoms with Crippen molar-refractivity contribution >= 4 is 28.5 Å². The number of benzene rings is 2. The number of likely N-dealkylation sites (tertiary alicyclic amines) is 1. The van der Waals surface area contributed by atoms with Gasteiger partial charge in [0.1, 0.15) is 0 Å². The summed E-state index contributed by atoms with van der Waals surface area (Å²) >= 11 is 6.45. The Morgan fingerprint density at radius 1 is 1.07 bits per heavy atom. The molecule has 2 heterocycles. The molecule has 0 bridgehead atoms. The molecule has 0 spiro atoms. The van der Waals surface area contributed by atoms with Gasteiger partial charge in [-0.2, -0.15) is 0 Å². The second-order valence-electron chi connectivity index (χ2n) is 7.82. The summed E-state index contributed by atoms with van der Waals surface area (Å²) in [6.45, 7) is 2.88. The number of carbonyl (C=O) groups excluding carboxylic acids is 1. The Balaban J connectivity index is 1.43. The molecule has 1 aliphatic rings. The molecule has 0 saturated carbocycles. The third kappa shape index (κ3) is 4.16. The maximum atomic E-state index is 12.6. The molecule has 7 heteroatoms. The molecule has 30 heavy (non-hydrogen) atoms. The standard InChI is InChI=1S/C23H27ClN4O2/c1-26-19-10-4-5-11-20(19)28(23(26)30)15-12-22(29)25-16-21(27-13-6-7-14-27)17-8-2-3-9-18(17)24/h2-5,8-11,21H,6-7,12-16H2,1H3,(H,25,29)/t21-/m0/s1. The van der Waals surface area contributed by atoms with Gasteiger partial charge in [0.15, 0.2) is 0 Å². The molecule has 0 radical (unpaired) electrons. The summed E-state index contributed by atoms with van der Waals surface area (Å²) in [6.07, 6.45) is 2.58. The number of fused-ring (bicyclic) bond motifs is 1. The largest absolute Gasteiger partial charge is 0.354 e. The fourth-order valence-electron chi connectivity index (χ4n) is 4.33. The summed E-state index contributed by atoms with van der Waals surface area (Å²) in [4.78, 5) is 27.5. The fraction of sp³-hybridized carbons (Fsp3) is 0.391. The molecule has 1 N–H and O–H groups in total. The number of aryl methyl sites for hydroxylation is 2. The number of nitrogens with one attached hydrogen (secondary N) is 1. The first-order valence-electron chi connectivity index (χ1n) is 10.5. The lowest BCUT2D eigenvalue weighted by Gasteiger charge is -2.29. The number of rotatable bonds is 7. The summed E-state index contributed by atoms with van der Waals surface area (Å²) in [7, 11) is 1.76. The second-order valence-corrected chi connectivity index (χ2v) is 8.22. The smallest absolute Gasteiger partial charge is 0.328 e. The second kappa shape index (κ2) is 9.06. The van der Waals surface area contributed by atoms with Crippen LogP contribution in [0, 0.1) is 0 Å². The lowest BCUT2D eigenvalue weighted by atomic mass is 10.1. The van der Waals surface area contributed by atoms with Gasteiger partial charge in [0.2, 0.25) is 5.91 Å². The third-order valence-corrected chi connectivity index (χ3v) is 6.30. The monoisotopic (exact) mass is 426 g/mol. The minimum atomic E-state index is -0.102. The van der Waals surface area contributed by atoms with Crippen LogP contribution in [0.4, 0.5) is 0 Å². The van der Waals surface area contributed by atoms with Crippen molar-refractivity contribution in [1.29, 1.82) is 0 Å². The lowest BCUT2D eigenvalue weighted by Crippen LogP contribution is -2.37. The van der Waals surface area contributed by atoms with E-state index >= 15 is 0 Å². The van der Waals surface area contributed by atoms with Crippen LogP contribution in [0.15, 0.2) is 53.3 Å². The van der Waals surface area contributed by atoms with Crippen molar-refractivity contribution < 1.29 is 4.79 Å². The Bertz CT molecular complexity index is 1100. The van der Waals surface area contributed by atoms with Crippen LogP contribution in [0.5, 0.6) is 0 Å². The van der Waals surface area contributed by atoms with Gasteiger partial charge in [0.25, 0.3) is 0 Å². The zero-order valence-electron chi connectivity index (χ0n) is 17.2. The Hall–Kier alpha value is -2.57.